The number of nitrogens with zero attached hydrogens (tertiary/aromatic N) is 2. The molecule has 5 nitrogen and oxygen atoms in total. The number of rotatable bonds is 2. The van der Waals surface area contributed by atoms with E-state index in [4.69, 9.17) is 4.74 Å². The average molecular weight is 248 g/mol. The molecule has 0 bridgehead atoms. The first-order valence-electron chi connectivity index (χ1n) is 5.97. The van der Waals surface area contributed by atoms with Crippen molar-refractivity contribution < 1.29 is 13.2 Å². The van der Waals surface area contributed by atoms with E-state index in [-0.39, 0.29) is 6.04 Å². The molecule has 0 aliphatic carbocycles. The first kappa shape index (κ1) is 12.3. The van der Waals surface area contributed by atoms with Crippen LogP contribution < -0.4 is 0 Å². The molecule has 94 valence electrons. The molecule has 0 amide bonds. The van der Waals surface area contributed by atoms with E-state index in [1.54, 1.807) is 8.61 Å². The molecule has 0 saturated carbocycles. The fourth-order valence-electron chi connectivity index (χ4n) is 2.34. The van der Waals surface area contributed by atoms with Crippen molar-refractivity contribution >= 4 is 10.2 Å². The van der Waals surface area contributed by atoms with Crippen molar-refractivity contribution in [2.75, 3.05) is 32.8 Å². The highest BCUT2D eigenvalue weighted by Crippen LogP contribution is 2.22. The lowest BCUT2D eigenvalue weighted by atomic mass is 10.1. The number of hydrogen-bond acceptors (Lipinski definition) is 3. The molecular formula is C10H20N2O3S. The summed E-state index contributed by atoms with van der Waals surface area (Å²) in [6.45, 7) is 4.68. The fraction of sp³-hybridized carbons (Fsp3) is 1.00. The van der Waals surface area contributed by atoms with Crippen LogP contribution in [0.15, 0.2) is 0 Å². The Labute approximate surface area is 97.5 Å². The van der Waals surface area contributed by atoms with Crippen molar-refractivity contribution in [1.82, 2.24) is 8.61 Å². The molecule has 2 aliphatic rings. The number of hydrogen-bond donors (Lipinski definition) is 0. The van der Waals surface area contributed by atoms with Crippen molar-refractivity contribution in [3.8, 4) is 0 Å². The van der Waals surface area contributed by atoms with Crippen LogP contribution in [0.3, 0.4) is 0 Å². The summed E-state index contributed by atoms with van der Waals surface area (Å²) in [7, 11) is -3.25. The van der Waals surface area contributed by atoms with Gasteiger partial charge < -0.3 is 4.74 Å². The zero-order valence-corrected chi connectivity index (χ0v) is 10.6. The quantitative estimate of drug-likeness (QED) is 0.712. The minimum Gasteiger partial charge on any atom is -0.379 e. The summed E-state index contributed by atoms with van der Waals surface area (Å²) >= 11 is 0. The van der Waals surface area contributed by atoms with Crippen LogP contribution in [-0.2, 0) is 14.9 Å². The highest BCUT2D eigenvalue weighted by atomic mass is 32.2. The lowest BCUT2D eigenvalue weighted by Crippen LogP contribution is -2.52. The summed E-state index contributed by atoms with van der Waals surface area (Å²) < 4.78 is 33.1. The second-order valence-corrected chi connectivity index (χ2v) is 6.36. The van der Waals surface area contributed by atoms with Crippen molar-refractivity contribution in [1.29, 1.82) is 0 Å². The zero-order chi connectivity index (χ0) is 11.6. The molecule has 0 aromatic carbocycles. The normalized spacial score (nSPS) is 30.4. The summed E-state index contributed by atoms with van der Waals surface area (Å²) in [6, 6.07) is 0.140. The molecule has 2 aliphatic heterocycles. The van der Waals surface area contributed by atoms with Gasteiger partial charge in [0, 0.05) is 25.7 Å². The Morgan fingerprint density at radius 1 is 1.12 bits per heavy atom. The lowest BCUT2D eigenvalue weighted by molar-refractivity contribution is 0.0685. The first-order valence-corrected chi connectivity index (χ1v) is 7.37. The summed E-state index contributed by atoms with van der Waals surface area (Å²) in [5.41, 5.74) is 0. The van der Waals surface area contributed by atoms with Gasteiger partial charge in [-0.3, -0.25) is 0 Å². The first-order chi connectivity index (χ1) is 7.62. The summed E-state index contributed by atoms with van der Waals surface area (Å²) in [5, 5.41) is 0. The van der Waals surface area contributed by atoms with Crippen molar-refractivity contribution in [3.05, 3.63) is 0 Å². The number of ether oxygens (including phenoxy) is 1. The molecular weight excluding hydrogens is 228 g/mol. The van der Waals surface area contributed by atoms with Gasteiger partial charge in [-0.1, -0.05) is 6.42 Å². The molecule has 0 N–H and O–H groups in total. The lowest BCUT2D eigenvalue weighted by Gasteiger charge is -2.37. The largest absolute Gasteiger partial charge is 0.379 e. The predicted octanol–water partition coefficient (Wildman–Crippen LogP) is 0.438. The molecule has 0 spiro atoms. The van der Waals surface area contributed by atoms with Crippen LogP contribution in [0.25, 0.3) is 0 Å². The van der Waals surface area contributed by atoms with Crippen LogP contribution in [-0.4, -0.2) is 55.9 Å². The maximum atomic E-state index is 12.3. The van der Waals surface area contributed by atoms with Crippen LogP contribution in [0.2, 0.25) is 0 Å². The van der Waals surface area contributed by atoms with Crippen LogP contribution in [0.5, 0.6) is 0 Å². The molecule has 1 atom stereocenters. The summed E-state index contributed by atoms with van der Waals surface area (Å²) in [6.07, 6.45) is 3.09. The minimum absolute atomic E-state index is 0.140. The van der Waals surface area contributed by atoms with E-state index in [2.05, 4.69) is 0 Å². The van der Waals surface area contributed by atoms with Gasteiger partial charge >= 0.3 is 0 Å². The van der Waals surface area contributed by atoms with Crippen LogP contribution in [0.4, 0.5) is 0 Å². The highest BCUT2D eigenvalue weighted by Gasteiger charge is 2.35. The number of morpholine rings is 1. The second-order valence-electron chi connectivity index (χ2n) is 4.47. The van der Waals surface area contributed by atoms with E-state index in [0.29, 0.717) is 32.8 Å². The van der Waals surface area contributed by atoms with Gasteiger partial charge in [0.05, 0.1) is 13.2 Å². The molecule has 0 aromatic heterocycles. The van der Waals surface area contributed by atoms with Gasteiger partial charge in [0.25, 0.3) is 10.2 Å². The third kappa shape index (κ3) is 2.40. The minimum atomic E-state index is -3.25. The van der Waals surface area contributed by atoms with Gasteiger partial charge in [-0.15, -0.1) is 0 Å². The maximum absolute atomic E-state index is 12.3. The van der Waals surface area contributed by atoms with Crippen molar-refractivity contribution in [2.45, 2.75) is 32.2 Å². The van der Waals surface area contributed by atoms with E-state index >= 15 is 0 Å². The SMILES string of the molecule is C[C@H]1CCCCN1S(=O)(=O)N1CCOCC1. The monoisotopic (exact) mass is 248 g/mol. The Hall–Kier alpha value is -0.170. The van der Waals surface area contributed by atoms with Gasteiger partial charge in [0.15, 0.2) is 0 Å². The molecule has 0 unspecified atom stereocenters. The fourth-order valence-corrected chi connectivity index (χ4v) is 4.17. The third-order valence-corrected chi connectivity index (χ3v) is 5.49. The Kier molecular flexibility index (Phi) is 3.84. The van der Waals surface area contributed by atoms with E-state index in [0.717, 1.165) is 19.3 Å². The van der Waals surface area contributed by atoms with Crippen molar-refractivity contribution in [3.63, 3.8) is 0 Å². The van der Waals surface area contributed by atoms with Crippen LogP contribution in [0.1, 0.15) is 26.2 Å². The summed E-state index contributed by atoms with van der Waals surface area (Å²) in [5.74, 6) is 0. The van der Waals surface area contributed by atoms with Crippen molar-refractivity contribution in [2.24, 2.45) is 0 Å². The van der Waals surface area contributed by atoms with E-state index in [1.165, 1.54) is 0 Å². The van der Waals surface area contributed by atoms with Gasteiger partial charge in [-0.2, -0.15) is 17.0 Å². The Morgan fingerprint density at radius 3 is 2.44 bits per heavy atom. The Bertz CT molecular complexity index is 325. The van der Waals surface area contributed by atoms with E-state index in [9.17, 15) is 8.42 Å². The van der Waals surface area contributed by atoms with E-state index in [1.807, 2.05) is 6.92 Å². The van der Waals surface area contributed by atoms with Gasteiger partial charge in [-0.05, 0) is 19.8 Å². The molecule has 0 aromatic rings. The molecule has 0 radical (unpaired) electrons. The van der Waals surface area contributed by atoms with Crippen LogP contribution >= 0.6 is 0 Å². The third-order valence-electron chi connectivity index (χ3n) is 3.33. The smallest absolute Gasteiger partial charge is 0.282 e. The molecule has 6 heteroatoms. The Morgan fingerprint density at radius 2 is 1.81 bits per heavy atom. The standard InChI is InChI=1S/C10H20N2O3S/c1-10-4-2-3-5-12(10)16(13,14)11-6-8-15-9-7-11/h10H,2-9H2,1H3/t10-/m0/s1. The second kappa shape index (κ2) is 5.00. The highest BCUT2D eigenvalue weighted by molar-refractivity contribution is 7.86. The number of piperidine rings is 1. The van der Waals surface area contributed by atoms with Gasteiger partial charge in [-0.25, -0.2) is 0 Å². The topological polar surface area (TPSA) is 49.9 Å². The molecule has 2 fully saturated rings. The predicted molar refractivity (Wildman–Crippen MR) is 61.3 cm³/mol. The molecule has 16 heavy (non-hydrogen) atoms. The van der Waals surface area contributed by atoms with Crippen LogP contribution in [0, 0.1) is 0 Å². The maximum Gasteiger partial charge on any atom is 0.282 e. The average Bonchev–Trinajstić information content (AvgIpc) is 2.30. The molecule has 2 heterocycles. The zero-order valence-electron chi connectivity index (χ0n) is 9.76. The Balaban J connectivity index is 2.10. The van der Waals surface area contributed by atoms with Gasteiger partial charge in [0.1, 0.15) is 0 Å². The van der Waals surface area contributed by atoms with E-state index < -0.39 is 10.2 Å². The summed E-state index contributed by atoms with van der Waals surface area (Å²) in [4.78, 5) is 0. The molecule has 2 rings (SSSR count). The molecule has 2 saturated heterocycles. The van der Waals surface area contributed by atoms with Gasteiger partial charge in [0.2, 0.25) is 0 Å².